The third kappa shape index (κ3) is 7.60. The molecule has 0 aliphatic carbocycles. The molecule has 1 saturated heterocycles. The number of hydrogen-bond acceptors (Lipinski definition) is 8. The lowest BCUT2D eigenvalue weighted by Crippen LogP contribution is -2.41. The lowest BCUT2D eigenvalue weighted by molar-refractivity contribution is -0.187. The van der Waals surface area contributed by atoms with Crippen LogP contribution in [0.2, 0.25) is 0 Å². The van der Waals surface area contributed by atoms with E-state index < -0.39 is 24.7 Å². The van der Waals surface area contributed by atoms with Gasteiger partial charge in [0.1, 0.15) is 12.4 Å². The number of benzene rings is 1. The predicted octanol–water partition coefficient (Wildman–Crippen LogP) is 4.57. The summed E-state index contributed by atoms with van der Waals surface area (Å²) in [4.78, 5) is 11.5. The Kier molecular flexibility index (Phi) is 9.40. The van der Waals surface area contributed by atoms with Crippen molar-refractivity contribution in [3.05, 3.63) is 41.1 Å². The Morgan fingerprint density at radius 3 is 2.51 bits per heavy atom. The summed E-state index contributed by atoms with van der Waals surface area (Å²) in [6.07, 6.45) is -1.24. The molecule has 0 saturated carbocycles. The van der Waals surface area contributed by atoms with E-state index >= 15 is 0 Å². The molecule has 3 atom stereocenters. The van der Waals surface area contributed by atoms with E-state index in [-0.39, 0.29) is 25.4 Å². The molecular weight excluding hydrogens is 452 g/mol. The van der Waals surface area contributed by atoms with E-state index in [4.69, 9.17) is 28.8 Å². The van der Waals surface area contributed by atoms with Crippen LogP contribution in [0.3, 0.4) is 0 Å². The smallest absolute Gasteiger partial charge is 0.491 e. The summed E-state index contributed by atoms with van der Waals surface area (Å²) >= 11 is 0. The Bertz CT molecular complexity index is 955. The van der Waals surface area contributed by atoms with Gasteiger partial charge in [-0.1, -0.05) is 12.1 Å². The van der Waals surface area contributed by atoms with Crippen molar-refractivity contribution in [2.75, 3.05) is 13.2 Å². The van der Waals surface area contributed by atoms with E-state index in [1.165, 1.54) is 0 Å². The Balaban J connectivity index is 1.74. The lowest BCUT2D eigenvalue weighted by Gasteiger charge is -2.32. The molecule has 1 aromatic heterocycles. The molecule has 3 unspecified atom stereocenters. The highest BCUT2D eigenvalue weighted by Gasteiger charge is 2.32. The van der Waals surface area contributed by atoms with Gasteiger partial charge in [-0.15, -0.1) is 5.10 Å². The summed E-state index contributed by atoms with van der Waals surface area (Å²) in [6, 6.07) is 8.16. The molecular formula is C26H38N2O7. The van der Waals surface area contributed by atoms with Gasteiger partial charge in [0.25, 0.3) is 0 Å². The second-order valence-electron chi connectivity index (χ2n) is 9.32. The van der Waals surface area contributed by atoms with E-state index in [1.54, 1.807) is 6.92 Å². The van der Waals surface area contributed by atoms with Crippen LogP contribution in [0.5, 0.6) is 11.6 Å². The van der Waals surface area contributed by atoms with Gasteiger partial charge in [0, 0.05) is 36.6 Å². The number of aromatic nitrogens is 2. The van der Waals surface area contributed by atoms with Crippen molar-refractivity contribution in [3.8, 4) is 11.6 Å². The first-order valence-electron chi connectivity index (χ1n) is 12.3. The molecule has 2 heterocycles. The summed E-state index contributed by atoms with van der Waals surface area (Å²) in [6.45, 7) is 12.1. The zero-order chi connectivity index (χ0) is 25.5. The maximum absolute atomic E-state index is 11.5. The molecule has 0 amide bonds. The van der Waals surface area contributed by atoms with Gasteiger partial charge in [-0.3, -0.25) is 4.68 Å². The molecule has 1 aromatic carbocycles. The number of aliphatic hydroxyl groups is 1. The maximum atomic E-state index is 11.5. The zero-order valence-corrected chi connectivity index (χ0v) is 21.5. The number of aliphatic hydroxyl groups excluding tert-OH is 1. The Labute approximate surface area is 207 Å². The largest absolute Gasteiger partial charge is 0.508 e. The van der Waals surface area contributed by atoms with E-state index in [2.05, 4.69) is 13.8 Å². The van der Waals surface area contributed by atoms with Crippen LogP contribution in [0.25, 0.3) is 0 Å². The van der Waals surface area contributed by atoms with Crippen molar-refractivity contribution < 1.29 is 33.6 Å². The molecule has 0 spiro atoms. The molecule has 0 radical (unpaired) electrons. The minimum Gasteiger partial charge on any atom is -0.491 e. The average Bonchev–Trinajstić information content (AvgIpc) is 3.08. The number of nitrogens with zero attached hydrogens (tertiary/aromatic N) is 2. The average molecular weight is 491 g/mol. The highest BCUT2D eigenvalue weighted by Crippen LogP contribution is 2.30. The second kappa shape index (κ2) is 12.3. The molecule has 194 valence electrons. The van der Waals surface area contributed by atoms with Crippen LogP contribution in [-0.2, 0) is 20.6 Å². The standard InChI is InChI=1S/C26H38N2O7/c1-7-31-26(30)32-15-22-13-20(29)14-24(34-22)35-25-23(18(6)28(27-25)16(2)3)12-19-8-10-21(11-9-19)33-17(4)5/h8-11,16-17,20,22,24,29H,7,12-15H2,1-6H3. The van der Waals surface area contributed by atoms with Crippen LogP contribution in [0.15, 0.2) is 24.3 Å². The molecule has 9 nitrogen and oxygen atoms in total. The van der Waals surface area contributed by atoms with Crippen molar-refractivity contribution in [1.29, 1.82) is 0 Å². The Morgan fingerprint density at radius 1 is 1.17 bits per heavy atom. The molecule has 0 bridgehead atoms. The van der Waals surface area contributed by atoms with Gasteiger partial charge in [0.2, 0.25) is 12.2 Å². The normalized spacial score (nSPS) is 20.2. The molecule has 3 rings (SSSR count). The second-order valence-corrected chi connectivity index (χ2v) is 9.32. The highest BCUT2D eigenvalue weighted by molar-refractivity contribution is 5.59. The van der Waals surface area contributed by atoms with E-state index in [0.29, 0.717) is 25.1 Å². The topological polar surface area (TPSA) is 101 Å². The molecule has 1 aliphatic rings. The van der Waals surface area contributed by atoms with Crippen molar-refractivity contribution in [2.24, 2.45) is 0 Å². The van der Waals surface area contributed by atoms with Gasteiger partial charge in [0.05, 0.1) is 24.9 Å². The first-order chi connectivity index (χ1) is 16.7. The van der Waals surface area contributed by atoms with Gasteiger partial charge in [-0.2, -0.15) is 0 Å². The fraction of sp³-hybridized carbons (Fsp3) is 0.615. The maximum Gasteiger partial charge on any atom is 0.508 e. The van der Waals surface area contributed by atoms with Crippen LogP contribution in [0, 0.1) is 6.92 Å². The quantitative estimate of drug-likeness (QED) is 0.484. The number of ether oxygens (including phenoxy) is 5. The van der Waals surface area contributed by atoms with Crippen LogP contribution >= 0.6 is 0 Å². The first-order valence-corrected chi connectivity index (χ1v) is 12.3. The number of carbonyl (C=O) groups excluding carboxylic acids is 1. The van der Waals surface area contributed by atoms with Crippen molar-refractivity contribution in [1.82, 2.24) is 9.78 Å². The fourth-order valence-electron chi connectivity index (χ4n) is 4.07. The molecule has 1 aliphatic heterocycles. The minimum atomic E-state index is -0.757. The number of hydrogen-bond donors (Lipinski definition) is 1. The van der Waals surface area contributed by atoms with Gasteiger partial charge >= 0.3 is 6.16 Å². The van der Waals surface area contributed by atoms with E-state index in [9.17, 15) is 9.90 Å². The third-order valence-corrected chi connectivity index (χ3v) is 5.64. The van der Waals surface area contributed by atoms with Crippen LogP contribution in [-0.4, -0.2) is 58.9 Å². The van der Waals surface area contributed by atoms with Gasteiger partial charge < -0.3 is 28.8 Å². The Morgan fingerprint density at radius 2 is 1.89 bits per heavy atom. The predicted molar refractivity (Wildman–Crippen MR) is 130 cm³/mol. The molecule has 1 fully saturated rings. The Hall–Kier alpha value is -2.78. The first kappa shape index (κ1) is 26.8. The van der Waals surface area contributed by atoms with Gasteiger partial charge in [-0.25, -0.2) is 4.79 Å². The molecule has 1 N–H and O–H groups in total. The van der Waals surface area contributed by atoms with Gasteiger partial charge in [0.15, 0.2) is 0 Å². The minimum absolute atomic E-state index is 0.0210. The van der Waals surface area contributed by atoms with Crippen LogP contribution < -0.4 is 9.47 Å². The molecule has 2 aromatic rings. The molecule has 9 heteroatoms. The monoisotopic (exact) mass is 490 g/mol. The van der Waals surface area contributed by atoms with Crippen LogP contribution in [0.1, 0.15) is 70.3 Å². The van der Waals surface area contributed by atoms with Crippen molar-refractivity contribution in [2.45, 2.75) is 91.4 Å². The fourth-order valence-corrected chi connectivity index (χ4v) is 4.07. The van der Waals surface area contributed by atoms with Crippen LogP contribution in [0.4, 0.5) is 4.79 Å². The molecule has 35 heavy (non-hydrogen) atoms. The van der Waals surface area contributed by atoms with E-state index in [1.807, 2.05) is 49.7 Å². The SMILES string of the molecule is CCOC(=O)OCC1CC(O)CC(Oc2nn(C(C)C)c(C)c2Cc2ccc(OC(C)C)cc2)O1. The highest BCUT2D eigenvalue weighted by atomic mass is 16.7. The summed E-state index contributed by atoms with van der Waals surface area (Å²) in [7, 11) is 0. The number of rotatable bonds is 10. The van der Waals surface area contributed by atoms with E-state index in [0.717, 1.165) is 22.6 Å². The summed E-state index contributed by atoms with van der Waals surface area (Å²) < 4.78 is 29.7. The van der Waals surface area contributed by atoms with Crippen molar-refractivity contribution in [3.63, 3.8) is 0 Å². The summed E-state index contributed by atoms with van der Waals surface area (Å²) in [5.74, 6) is 1.30. The third-order valence-electron chi connectivity index (χ3n) is 5.64. The van der Waals surface area contributed by atoms with Crippen molar-refractivity contribution >= 4 is 6.16 Å². The summed E-state index contributed by atoms with van der Waals surface area (Å²) in [5.41, 5.74) is 3.07. The summed E-state index contributed by atoms with van der Waals surface area (Å²) in [5, 5.41) is 15.1. The lowest BCUT2D eigenvalue weighted by atomic mass is 10.0. The van der Waals surface area contributed by atoms with Gasteiger partial charge in [-0.05, 0) is 59.2 Å². The number of carbonyl (C=O) groups is 1. The zero-order valence-electron chi connectivity index (χ0n) is 21.5.